The standard InChI is InChI=1S/C10H17N5OS/c1-2-9-13-14-10(17-9)12-8(16)7-15-5-3-11-4-6-15/h11H,2-7H2,1H3,(H,12,14,16). The fourth-order valence-electron chi connectivity index (χ4n) is 1.68. The molecule has 0 aromatic carbocycles. The Hall–Kier alpha value is -1.05. The van der Waals surface area contributed by atoms with Gasteiger partial charge in [0, 0.05) is 26.2 Å². The Morgan fingerprint density at radius 2 is 2.24 bits per heavy atom. The van der Waals surface area contributed by atoms with Crippen LogP contribution in [0.2, 0.25) is 0 Å². The number of aromatic nitrogens is 2. The molecule has 0 saturated carbocycles. The minimum Gasteiger partial charge on any atom is -0.314 e. The zero-order valence-electron chi connectivity index (χ0n) is 9.90. The highest BCUT2D eigenvalue weighted by Gasteiger charge is 2.14. The summed E-state index contributed by atoms with van der Waals surface area (Å²) in [6.45, 7) is 6.20. The van der Waals surface area contributed by atoms with Crippen molar-refractivity contribution in [3.05, 3.63) is 5.01 Å². The van der Waals surface area contributed by atoms with Gasteiger partial charge in [-0.2, -0.15) is 0 Å². The summed E-state index contributed by atoms with van der Waals surface area (Å²) in [5, 5.41) is 15.5. The summed E-state index contributed by atoms with van der Waals surface area (Å²) in [5.41, 5.74) is 0. The number of aryl methyl sites for hydroxylation is 1. The molecular weight excluding hydrogens is 238 g/mol. The number of carbonyl (C=O) groups is 1. The first kappa shape index (κ1) is 12.4. The number of hydrogen-bond acceptors (Lipinski definition) is 6. The topological polar surface area (TPSA) is 70.2 Å². The van der Waals surface area contributed by atoms with Crippen molar-refractivity contribution in [2.45, 2.75) is 13.3 Å². The maximum Gasteiger partial charge on any atom is 0.240 e. The molecule has 0 atom stereocenters. The number of hydrogen-bond donors (Lipinski definition) is 2. The SMILES string of the molecule is CCc1nnc(NC(=O)CN2CCNCC2)s1. The monoisotopic (exact) mass is 255 g/mol. The Bertz CT molecular complexity index is 375. The van der Waals surface area contributed by atoms with E-state index in [1.54, 1.807) is 0 Å². The molecule has 17 heavy (non-hydrogen) atoms. The van der Waals surface area contributed by atoms with Crippen LogP contribution >= 0.6 is 11.3 Å². The molecule has 2 N–H and O–H groups in total. The molecule has 1 saturated heterocycles. The third-order valence-electron chi connectivity index (χ3n) is 2.59. The van der Waals surface area contributed by atoms with Gasteiger partial charge in [0.1, 0.15) is 5.01 Å². The van der Waals surface area contributed by atoms with Gasteiger partial charge in [-0.15, -0.1) is 10.2 Å². The van der Waals surface area contributed by atoms with E-state index in [-0.39, 0.29) is 5.91 Å². The summed E-state index contributed by atoms with van der Waals surface area (Å²) in [7, 11) is 0. The fraction of sp³-hybridized carbons (Fsp3) is 0.700. The van der Waals surface area contributed by atoms with Gasteiger partial charge in [0.25, 0.3) is 0 Å². The predicted molar refractivity (Wildman–Crippen MR) is 67.2 cm³/mol. The van der Waals surface area contributed by atoms with Crippen LogP contribution in [0.1, 0.15) is 11.9 Å². The quantitative estimate of drug-likeness (QED) is 0.789. The van der Waals surface area contributed by atoms with E-state index in [9.17, 15) is 4.79 Å². The number of piperazine rings is 1. The Morgan fingerprint density at radius 1 is 1.47 bits per heavy atom. The lowest BCUT2D eigenvalue weighted by Gasteiger charge is -2.26. The lowest BCUT2D eigenvalue weighted by molar-refractivity contribution is -0.117. The molecule has 1 aromatic heterocycles. The Balaban J connectivity index is 1.79. The first-order chi connectivity index (χ1) is 8.28. The summed E-state index contributed by atoms with van der Waals surface area (Å²) in [6.07, 6.45) is 0.853. The van der Waals surface area contributed by atoms with Crippen LogP contribution in [0.4, 0.5) is 5.13 Å². The summed E-state index contributed by atoms with van der Waals surface area (Å²) < 4.78 is 0. The first-order valence-electron chi connectivity index (χ1n) is 5.83. The molecule has 1 aliphatic heterocycles. The van der Waals surface area contributed by atoms with E-state index in [4.69, 9.17) is 0 Å². The van der Waals surface area contributed by atoms with Crippen LogP contribution < -0.4 is 10.6 Å². The highest BCUT2D eigenvalue weighted by atomic mass is 32.1. The van der Waals surface area contributed by atoms with Crippen molar-refractivity contribution < 1.29 is 4.79 Å². The third kappa shape index (κ3) is 3.72. The average Bonchev–Trinajstić information content (AvgIpc) is 2.78. The van der Waals surface area contributed by atoms with E-state index in [1.807, 2.05) is 6.92 Å². The average molecular weight is 255 g/mol. The van der Waals surface area contributed by atoms with Crippen molar-refractivity contribution in [3.8, 4) is 0 Å². The molecule has 7 heteroatoms. The zero-order chi connectivity index (χ0) is 12.1. The molecule has 0 bridgehead atoms. The van der Waals surface area contributed by atoms with Crippen LogP contribution in [-0.2, 0) is 11.2 Å². The van der Waals surface area contributed by atoms with Crippen LogP contribution in [0.3, 0.4) is 0 Å². The molecule has 6 nitrogen and oxygen atoms in total. The molecule has 0 spiro atoms. The minimum absolute atomic E-state index is 0.00861. The number of nitrogens with one attached hydrogen (secondary N) is 2. The summed E-state index contributed by atoms with van der Waals surface area (Å²) in [5.74, 6) is -0.00861. The second-order valence-electron chi connectivity index (χ2n) is 3.93. The van der Waals surface area contributed by atoms with E-state index in [0.29, 0.717) is 11.7 Å². The lowest BCUT2D eigenvalue weighted by atomic mass is 10.3. The minimum atomic E-state index is -0.00861. The van der Waals surface area contributed by atoms with Gasteiger partial charge in [0.05, 0.1) is 6.54 Å². The van der Waals surface area contributed by atoms with E-state index in [2.05, 4.69) is 25.7 Å². The number of rotatable bonds is 4. The van der Waals surface area contributed by atoms with Crippen LogP contribution in [0.5, 0.6) is 0 Å². The predicted octanol–water partition coefficient (Wildman–Crippen LogP) is -0.0558. The smallest absolute Gasteiger partial charge is 0.240 e. The molecule has 2 rings (SSSR count). The molecule has 1 aromatic rings. The third-order valence-corrected chi connectivity index (χ3v) is 3.58. The van der Waals surface area contributed by atoms with Crippen molar-refractivity contribution in [3.63, 3.8) is 0 Å². The first-order valence-corrected chi connectivity index (χ1v) is 6.65. The summed E-state index contributed by atoms with van der Waals surface area (Å²) in [6, 6.07) is 0. The van der Waals surface area contributed by atoms with E-state index < -0.39 is 0 Å². The largest absolute Gasteiger partial charge is 0.314 e. The van der Waals surface area contributed by atoms with Crippen LogP contribution in [0.15, 0.2) is 0 Å². The Kier molecular flexibility index (Phi) is 4.41. The number of amides is 1. The second kappa shape index (κ2) is 6.04. The van der Waals surface area contributed by atoms with Crippen LogP contribution in [0, 0.1) is 0 Å². The van der Waals surface area contributed by atoms with Crippen LogP contribution in [-0.4, -0.2) is 53.7 Å². The normalized spacial score (nSPS) is 17.0. The maximum absolute atomic E-state index is 11.7. The molecular formula is C10H17N5OS. The fourth-order valence-corrected chi connectivity index (χ4v) is 2.37. The highest BCUT2D eigenvalue weighted by Crippen LogP contribution is 2.15. The maximum atomic E-state index is 11.7. The summed E-state index contributed by atoms with van der Waals surface area (Å²) in [4.78, 5) is 13.9. The van der Waals surface area contributed by atoms with Gasteiger partial charge in [-0.1, -0.05) is 18.3 Å². The van der Waals surface area contributed by atoms with Crippen molar-refractivity contribution in [1.29, 1.82) is 0 Å². The molecule has 0 unspecified atom stereocenters. The lowest BCUT2D eigenvalue weighted by Crippen LogP contribution is -2.46. The van der Waals surface area contributed by atoms with Crippen molar-refractivity contribution >= 4 is 22.4 Å². The second-order valence-corrected chi connectivity index (χ2v) is 4.99. The Labute approximate surface area is 104 Å². The van der Waals surface area contributed by atoms with Gasteiger partial charge >= 0.3 is 0 Å². The molecule has 1 amide bonds. The molecule has 0 radical (unpaired) electrons. The molecule has 1 aliphatic rings. The van der Waals surface area contributed by atoms with Gasteiger partial charge in [0.2, 0.25) is 11.0 Å². The van der Waals surface area contributed by atoms with Gasteiger partial charge in [0.15, 0.2) is 0 Å². The molecule has 0 aliphatic carbocycles. The van der Waals surface area contributed by atoms with E-state index in [1.165, 1.54) is 11.3 Å². The van der Waals surface area contributed by atoms with E-state index >= 15 is 0 Å². The molecule has 2 heterocycles. The number of carbonyl (C=O) groups excluding carboxylic acids is 1. The van der Waals surface area contributed by atoms with Gasteiger partial charge in [-0.3, -0.25) is 15.0 Å². The zero-order valence-corrected chi connectivity index (χ0v) is 10.7. The molecule has 1 fully saturated rings. The summed E-state index contributed by atoms with van der Waals surface area (Å²) >= 11 is 1.44. The van der Waals surface area contributed by atoms with Crippen molar-refractivity contribution in [2.75, 3.05) is 38.0 Å². The van der Waals surface area contributed by atoms with E-state index in [0.717, 1.165) is 37.6 Å². The Morgan fingerprint density at radius 3 is 2.88 bits per heavy atom. The van der Waals surface area contributed by atoms with Crippen LogP contribution in [0.25, 0.3) is 0 Å². The number of nitrogens with zero attached hydrogens (tertiary/aromatic N) is 3. The van der Waals surface area contributed by atoms with Gasteiger partial charge < -0.3 is 5.32 Å². The molecule has 94 valence electrons. The van der Waals surface area contributed by atoms with Gasteiger partial charge in [-0.25, -0.2) is 0 Å². The highest BCUT2D eigenvalue weighted by molar-refractivity contribution is 7.15. The van der Waals surface area contributed by atoms with Gasteiger partial charge in [-0.05, 0) is 6.42 Å². The van der Waals surface area contributed by atoms with Crippen molar-refractivity contribution in [2.24, 2.45) is 0 Å². The van der Waals surface area contributed by atoms with Crippen molar-refractivity contribution in [1.82, 2.24) is 20.4 Å². The number of anilines is 1.